The molecule has 0 radical (unpaired) electrons. The molecule has 0 amide bonds. The lowest BCUT2D eigenvalue weighted by Gasteiger charge is -2.37. The summed E-state index contributed by atoms with van der Waals surface area (Å²) in [6.07, 6.45) is 8.96. The Kier molecular flexibility index (Phi) is 7.38. The van der Waals surface area contributed by atoms with Crippen molar-refractivity contribution in [1.29, 1.82) is 0 Å². The van der Waals surface area contributed by atoms with Crippen LogP contribution in [0.25, 0.3) is 0 Å². The monoisotopic (exact) mass is 357 g/mol. The third-order valence-electron chi connectivity index (χ3n) is 5.27. The molecular weight excluding hydrogens is 326 g/mol. The Balaban J connectivity index is 2.11. The van der Waals surface area contributed by atoms with Crippen LogP contribution in [0.3, 0.4) is 0 Å². The normalized spacial score (nSPS) is 23.8. The molecule has 1 aromatic rings. The molecule has 0 aliphatic heterocycles. The van der Waals surface area contributed by atoms with E-state index < -0.39 is 6.04 Å². The average Bonchev–Trinajstić information content (AvgIpc) is 2.61. The quantitative estimate of drug-likeness (QED) is 0.576. The first-order valence-corrected chi connectivity index (χ1v) is 9.49. The van der Waals surface area contributed by atoms with Crippen LogP contribution in [0, 0.1) is 30.1 Å². The van der Waals surface area contributed by atoms with Crippen LogP contribution in [0.1, 0.15) is 46.5 Å². The van der Waals surface area contributed by atoms with E-state index in [0.29, 0.717) is 23.5 Å². The number of rotatable bonds is 7. The summed E-state index contributed by atoms with van der Waals surface area (Å²) in [4.78, 5) is 12.9. The smallest absolute Gasteiger partial charge is 0.329 e. The molecular formula is C22H31NO3. The molecule has 1 aliphatic carbocycles. The SMILES string of the molecule is C#CC[C@H](Nc1ccccc1OC)C(=O)O[C@@H]1C[C@H](C)CC[C@H]1C(C)C. The Labute approximate surface area is 157 Å². The van der Waals surface area contributed by atoms with E-state index in [4.69, 9.17) is 15.9 Å². The van der Waals surface area contributed by atoms with Crippen LogP contribution < -0.4 is 10.1 Å². The molecule has 2 rings (SSSR count). The first-order chi connectivity index (χ1) is 12.5. The third kappa shape index (κ3) is 5.17. The Morgan fingerprint density at radius 1 is 1.35 bits per heavy atom. The number of benzene rings is 1. The van der Waals surface area contributed by atoms with Crippen molar-refractivity contribution in [2.75, 3.05) is 12.4 Å². The maximum atomic E-state index is 12.9. The van der Waals surface area contributed by atoms with Crippen molar-refractivity contribution < 1.29 is 14.3 Å². The molecule has 1 aliphatic rings. The number of carbonyl (C=O) groups excluding carboxylic acids is 1. The molecule has 1 aromatic carbocycles. The fraction of sp³-hybridized carbons (Fsp3) is 0.591. The number of nitrogens with one attached hydrogen (secondary N) is 1. The lowest BCUT2D eigenvalue weighted by Crippen LogP contribution is -2.40. The van der Waals surface area contributed by atoms with Gasteiger partial charge in [-0.05, 0) is 42.7 Å². The topological polar surface area (TPSA) is 47.6 Å². The van der Waals surface area contributed by atoms with Crippen molar-refractivity contribution >= 4 is 11.7 Å². The minimum Gasteiger partial charge on any atom is -0.495 e. The van der Waals surface area contributed by atoms with E-state index in [1.165, 1.54) is 6.42 Å². The molecule has 0 spiro atoms. The summed E-state index contributed by atoms with van der Waals surface area (Å²) in [5, 5.41) is 3.20. The maximum Gasteiger partial charge on any atom is 0.329 e. The van der Waals surface area contributed by atoms with Gasteiger partial charge < -0.3 is 14.8 Å². The minimum atomic E-state index is -0.582. The van der Waals surface area contributed by atoms with Crippen LogP contribution in [-0.4, -0.2) is 25.2 Å². The summed E-state index contributed by atoms with van der Waals surface area (Å²) in [5.74, 6) is 4.46. The van der Waals surface area contributed by atoms with Gasteiger partial charge in [-0.25, -0.2) is 4.79 Å². The average molecular weight is 357 g/mol. The van der Waals surface area contributed by atoms with E-state index >= 15 is 0 Å². The molecule has 1 N–H and O–H groups in total. The zero-order valence-corrected chi connectivity index (χ0v) is 16.3. The van der Waals surface area contributed by atoms with Crippen molar-refractivity contribution in [2.24, 2.45) is 17.8 Å². The Morgan fingerprint density at radius 2 is 2.08 bits per heavy atom. The molecule has 142 valence electrons. The lowest BCUT2D eigenvalue weighted by atomic mass is 9.75. The Bertz CT molecular complexity index is 635. The molecule has 4 nitrogen and oxygen atoms in total. The summed E-state index contributed by atoms with van der Waals surface area (Å²) in [6.45, 7) is 6.63. The van der Waals surface area contributed by atoms with Gasteiger partial charge in [-0.2, -0.15) is 0 Å². The summed E-state index contributed by atoms with van der Waals surface area (Å²) in [6, 6.07) is 6.91. The second-order valence-corrected chi connectivity index (χ2v) is 7.61. The van der Waals surface area contributed by atoms with Gasteiger partial charge in [-0.3, -0.25) is 0 Å². The number of hydrogen-bond acceptors (Lipinski definition) is 4. The number of methoxy groups -OCH3 is 1. The molecule has 4 atom stereocenters. The van der Waals surface area contributed by atoms with E-state index in [1.807, 2.05) is 24.3 Å². The van der Waals surface area contributed by atoms with Crippen LogP contribution in [-0.2, 0) is 9.53 Å². The molecule has 0 saturated heterocycles. The fourth-order valence-electron chi connectivity index (χ4n) is 3.74. The number of para-hydroxylation sites is 2. The highest BCUT2D eigenvalue weighted by atomic mass is 16.5. The van der Waals surface area contributed by atoms with E-state index in [2.05, 4.69) is 32.0 Å². The number of esters is 1. The number of carbonyl (C=O) groups is 1. The first kappa shape index (κ1) is 20.2. The van der Waals surface area contributed by atoms with E-state index in [9.17, 15) is 4.79 Å². The molecule has 0 heterocycles. The Hall–Kier alpha value is -2.15. The van der Waals surface area contributed by atoms with E-state index in [-0.39, 0.29) is 18.5 Å². The Morgan fingerprint density at radius 3 is 2.73 bits per heavy atom. The largest absolute Gasteiger partial charge is 0.495 e. The zero-order valence-electron chi connectivity index (χ0n) is 16.3. The van der Waals surface area contributed by atoms with Crippen molar-refractivity contribution in [3.05, 3.63) is 24.3 Å². The number of anilines is 1. The number of ether oxygens (including phenoxy) is 2. The van der Waals surface area contributed by atoms with Gasteiger partial charge in [-0.1, -0.05) is 39.3 Å². The van der Waals surface area contributed by atoms with Gasteiger partial charge in [0.1, 0.15) is 17.9 Å². The van der Waals surface area contributed by atoms with Gasteiger partial charge in [0.05, 0.1) is 12.8 Å². The van der Waals surface area contributed by atoms with E-state index in [1.54, 1.807) is 7.11 Å². The summed E-state index contributed by atoms with van der Waals surface area (Å²) < 4.78 is 11.3. The van der Waals surface area contributed by atoms with Gasteiger partial charge in [0.25, 0.3) is 0 Å². The predicted octanol–water partition coefficient (Wildman–Crippen LogP) is 4.50. The lowest BCUT2D eigenvalue weighted by molar-refractivity contribution is -0.156. The highest BCUT2D eigenvalue weighted by Crippen LogP contribution is 2.35. The zero-order chi connectivity index (χ0) is 19.1. The van der Waals surface area contributed by atoms with Crippen LogP contribution >= 0.6 is 0 Å². The van der Waals surface area contributed by atoms with Crippen LogP contribution in [0.15, 0.2) is 24.3 Å². The van der Waals surface area contributed by atoms with Gasteiger partial charge in [-0.15, -0.1) is 12.3 Å². The summed E-state index contributed by atoms with van der Waals surface area (Å²) in [5.41, 5.74) is 0.740. The molecule has 26 heavy (non-hydrogen) atoms. The molecule has 0 bridgehead atoms. The van der Waals surface area contributed by atoms with Crippen molar-refractivity contribution in [2.45, 2.75) is 58.6 Å². The third-order valence-corrected chi connectivity index (χ3v) is 5.27. The summed E-state index contributed by atoms with van der Waals surface area (Å²) >= 11 is 0. The molecule has 1 fully saturated rings. The minimum absolute atomic E-state index is 0.0361. The van der Waals surface area contributed by atoms with Crippen molar-refractivity contribution in [1.82, 2.24) is 0 Å². The van der Waals surface area contributed by atoms with Gasteiger partial charge in [0.2, 0.25) is 0 Å². The van der Waals surface area contributed by atoms with Crippen LogP contribution in [0.2, 0.25) is 0 Å². The summed E-state index contributed by atoms with van der Waals surface area (Å²) in [7, 11) is 1.60. The van der Waals surface area contributed by atoms with Crippen LogP contribution in [0.4, 0.5) is 5.69 Å². The highest BCUT2D eigenvalue weighted by molar-refractivity contribution is 5.80. The number of hydrogen-bond donors (Lipinski definition) is 1. The standard InChI is InChI=1S/C22H31NO3/c1-6-9-19(23-18-10-7-8-11-20(18)25-5)22(24)26-21-14-16(4)12-13-17(21)15(2)3/h1,7-8,10-11,15-17,19,21,23H,9,12-14H2,2-5H3/t16-,17+,19+,21-/m1/s1. The fourth-order valence-corrected chi connectivity index (χ4v) is 3.74. The van der Waals surface area contributed by atoms with E-state index in [0.717, 1.165) is 18.5 Å². The van der Waals surface area contributed by atoms with Crippen molar-refractivity contribution in [3.8, 4) is 18.1 Å². The molecule has 4 heteroatoms. The van der Waals surface area contributed by atoms with Gasteiger partial charge >= 0.3 is 5.97 Å². The van der Waals surface area contributed by atoms with Crippen molar-refractivity contribution in [3.63, 3.8) is 0 Å². The second-order valence-electron chi connectivity index (χ2n) is 7.61. The van der Waals surface area contributed by atoms with Gasteiger partial charge in [0, 0.05) is 6.42 Å². The molecule has 1 saturated carbocycles. The van der Waals surface area contributed by atoms with Crippen LogP contribution in [0.5, 0.6) is 5.75 Å². The maximum absolute atomic E-state index is 12.9. The van der Waals surface area contributed by atoms with Gasteiger partial charge in [0.15, 0.2) is 0 Å². The molecule has 0 aromatic heterocycles. The number of terminal acetylenes is 1. The predicted molar refractivity (Wildman–Crippen MR) is 105 cm³/mol. The highest BCUT2D eigenvalue weighted by Gasteiger charge is 2.35. The second kappa shape index (κ2) is 9.52. The molecule has 0 unspecified atom stereocenters. The first-order valence-electron chi connectivity index (χ1n) is 9.49.